The van der Waals surface area contributed by atoms with Gasteiger partial charge in [-0.3, -0.25) is 9.69 Å². The molecule has 2 atom stereocenters. The first-order valence-electron chi connectivity index (χ1n) is 8.66. The van der Waals surface area contributed by atoms with Crippen LogP contribution in [0.25, 0.3) is 0 Å². The van der Waals surface area contributed by atoms with Gasteiger partial charge in [0, 0.05) is 22.0 Å². The van der Waals surface area contributed by atoms with Crippen LogP contribution < -0.4 is 19.7 Å². The van der Waals surface area contributed by atoms with Gasteiger partial charge in [0.05, 0.1) is 25.2 Å². The second kappa shape index (κ2) is 8.60. The molecule has 3 heterocycles. The van der Waals surface area contributed by atoms with Gasteiger partial charge in [0.25, 0.3) is 5.91 Å². The second-order valence-corrected chi connectivity index (χ2v) is 9.46. The maximum atomic E-state index is 13.2. The number of methoxy groups -OCH3 is 2. The molecule has 1 N–H and O–H groups in total. The molecule has 1 saturated heterocycles. The van der Waals surface area contributed by atoms with Gasteiger partial charge in [-0.15, -0.1) is 11.3 Å². The lowest BCUT2D eigenvalue weighted by Crippen LogP contribution is -2.45. The van der Waals surface area contributed by atoms with E-state index in [9.17, 15) is 9.59 Å². The van der Waals surface area contributed by atoms with Crippen LogP contribution >= 0.6 is 32.9 Å². The van der Waals surface area contributed by atoms with Gasteiger partial charge in [0.2, 0.25) is 0 Å². The van der Waals surface area contributed by atoms with Crippen molar-refractivity contribution in [1.82, 2.24) is 5.32 Å². The molecule has 2 amide bonds. The number of anilines is 1. The third kappa shape index (κ3) is 3.92. The number of alkyl carbamates (subject to hydrolysis) is 1. The number of hydrogen-bond donors (Lipinski definition) is 1. The summed E-state index contributed by atoms with van der Waals surface area (Å²) in [6.45, 7) is 0.176. The fourth-order valence-electron chi connectivity index (χ4n) is 3.12. The molecule has 0 radical (unpaired) electrons. The molecule has 0 spiro atoms. The highest BCUT2D eigenvalue weighted by Gasteiger charge is 2.49. The van der Waals surface area contributed by atoms with Crippen LogP contribution in [0.1, 0.15) is 4.88 Å². The Bertz CT molecular complexity index is 947. The molecule has 29 heavy (non-hydrogen) atoms. The van der Waals surface area contributed by atoms with Crippen LogP contribution in [0.2, 0.25) is 0 Å². The van der Waals surface area contributed by atoms with Gasteiger partial charge in [-0.05, 0) is 23.6 Å². The number of nitrogens with one attached hydrogen (secondary N) is 1. The van der Waals surface area contributed by atoms with E-state index in [0.29, 0.717) is 17.2 Å². The minimum atomic E-state index is -0.719. The van der Waals surface area contributed by atoms with Crippen molar-refractivity contribution in [1.29, 1.82) is 0 Å². The number of carbonyl (C=O) groups excluding carboxylic acids is 2. The Balaban J connectivity index is 1.54. The molecule has 0 bridgehead atoms. The van der Waals surface area contributed by atoms with Gasteiger partial charge < -0.3 is 19.5 Å². The van der Waals surface area contributed by atoms with Crippen LogP contribution in [0.3, 0.4) is 0 Å². The van der Waals surface area contributed by atoms with E-state index in [1.54, 1.807) is 37.3 Å². The molecule has 1 fully saturated rings. The first-order chi connectivity index (χ1) is 14.1. The van der Waals surface area contributed by atoms with Gasteiger partial charge in [-0.25, -0.2) is 4.79 Å². The molecule has 1 aromatic carbocycles. The minimum absolute atomic E-state index is 0.176. The summed E-state index contributed by atoms with van der Waals surface area (Å²) >= 11 is 1.51. The number of hydrogen-bond acceptors (Lipinski definition) is 8. The minimum Gasteiger partial charge on any atom is -0.497 e. The van der Waals surface area contributed by atoms with E-state index in [1.807, 2.05) is 22.9 Å². The number of thiophene rings is 1. The van der Waals surface area contributed by atoms with E-state index in [2.05, 4.69) is 5.32 Å². The van der Waals surface area contributed by atoms with Crippen LogP contribution in [0.15, 0.2) is 46.8 Å². The monoisotopic (exact) mass is 450 g/mol. The zero-order chi connectivity index (χ0) is 20.4. The predicted octanol–water partition coefficient (Wildman–Crippen LogP) is 4.01. The summed E-state index contributed by atoms with van der Waals surface area (Å²) < 4.78 is 16.0. The summed E-state index contributed by atoms with van der Waals surface area (Å²) in [4.78, 5) is 28.1. The van der Waals surface area contributed by atoms with Gasteiger partial charge in [-0.2, -0.15) is 0 Å². The number of ether oxygens (including phenoxy) is 3. The van der Waals surface area contributed by atoms with E-state index in [0.717, 1.165) is 10.6 Å². The largest absolute Gasteiger partial charge is 0.497 e. The zero-order valence-corrected chi connectivity index (χ0v) is 18.1. The molecule has 4 rings (SSSR count). The molecule has 2 aliphatic heterocycles. The Hall–Kier alpha value is -2.30. The van der Waals surface area contributed by atoms with Crippen LogP contribution in [0.4, 0.5) is 10.5 Å². The van der Waals surface area contributed by atoms with Crippen LogP contribution in [0, 0.1) is 0 Å². The molecule has 2 aromatic rings. The molecule has 0 saturated carbocycles. The van der Waals surface area contributed by atoms with Crippen molar-refractivity contribution in [2.24, 2.45) is 0 Å². The lowest BCUT2D eigenvalue weighted by molar-refractivity contribution is -0.118. The predicted molar refractivity (Wildman–Crippen MR) is 116 cm³/mol. The van der Waals surface area contributed by atoms with E-state index in [-0.39, 0.29) is 17.8 Å². The standard InChI is InChI=1S/C19H18N2O5S3/c1-24-11-5-6-13(15(8-11)25-2)21-14-10-28-29-17(14)16(18(21)22)20-19(23)26-9-12-4-3-7-27-12/h3-8,10,16-17H,9H2,1-2H3,(H,20,23). The van der Waals surface area contributed by atoms with E-state index < -0.39 is 12.1 Å². The molecular weight excluding hydrogens is 432 g/mol. The summed E-state index contributed by atoms with van der Waals surface area (Å²) in [5.41, 5.74) is 1.42. The zero-order valence-electron chi connectivity index (χ0n) is 15.6. The average molecular weight is 451 g/mol. The summed E-state index contributed by atoms with van der Waals surface area (Å²) in [5.74, 6) is 0.913. The molecule has 1 aromatic heterocycles. The lowest BCUT2D eigenvalue weighted by Gasteiger charge is -2.21. The highest BCUT2D eigenvalue weighted by atomic mass is 33.1. The smallest absolute Gasteiger partial charge is 0.408 e. The van der Waals surface area contributed by atoms with Crippen molar-refractivity contribution in [3.63, 3.8) is 0 Å². The normalized spacial score (nSPS) is 20.3. The molecule has 10 heteroatoms. The highest BCUT2D eigenvalue weighted by molar-refractivity contribution is 8.78. The van der Waals surface area contributed by atoms with E-state index in [4.69, 9.17) is 14.2 Å². The fourth-order valence-corrected chi connectivity index (χ4v) is 6.37. The maximum Gasteiger partial charge on any atom is 0.408 e. The topological polar surface area (TPSA) is 77.1 Å². The summed E-state index contributed by atoms with van der Waals surface area (Å²) in [6, 6.07) is 8.34. The number of carbonyl (C=O) groups is 2. The van der Waals surface area contributed by atoms with Crippen molar-refractivity contribution in [2.75, 3.05) is 19.1 Å². The number of fused-ring (bicyclic) bond motifs is 1. The quantitative estimate of drug-likeness (QED) is 0.666. The summed E-state index contributed by atoms with van der Waals surface area (Å²) in [7, 11) is 6.18. The first kappa shape index (κ1) is 20.0. The Labute approximate surface area is 179 Å². The lowest BCUT2D eigenvalue weighted by atomic mass is 10.2. The van der Waals surface area contributed by atoms with E-state index >= 15 is 0 Å². The van der Waals surface area contributed by atoms with Gasteiger partial charge in [0.1, 0.15) is 24.1 Å². The van der Waals surface area contributed by atoms with Crippen molar-refractivity contribution < 1.29 is 23.8 Å². The number of rotatable bonds is 6. The average Bonchev–Trinajstić information content (AvgIpc) is 3.46. The first-order valence-corrected chi connectivity index (χ1v) is 11.8. The molecular formula is C19H18N2O5S3. The van der Waals surface area contributed by atoms with Crippen molar-refractivity contribution >= 4 is 50.6 Å². The Morgan fingerprint density at radius 2 is 2.10 bits per heavy atom. The van der Waals surface area contributed by atoms with E-state index in [1.165, 1.54) is 32.9 Å². The Morgan fingerprint density at radius 3 is 2.83 bits per heavy atom. The van der Waals surface area contributed by atoms with Gasteiger partial charge in [0.15, 0.2) is 0 Å². The van der Waals surface area contributed by atoms with Crippen molar-refractivity contribution in [3.8, 4) is 11.5 Å². The molecule has 0 aliphatic carbocycles. The third-order valence-corrected chi connectivity index (χ3v) is 7.76. The summed E-state index contributed by atoms with van der Waals surface area (Å²) in [5, 5.41) is 6.38. The molecule has 7 nitrogen and oxygen atoms in total. The Kier molecular flexibility index (Phi) is 5.93. The van der Waals surface area contributed by atoms with Gasteiger partial charge in [-0.1, -0.05) is 27.7 Å². The van der Waals surface area contributed by atoms with Crippen LogP contribution in [0.5, 0.6) is 11.5 Å². The Morgan fingerprint density at radius 1 is 1.24 bits per heavy atom. The molecule has 2 aliphatic rings. The SMILES string of the molecule is COc1ccc(N2C(=O)C(NC(=O)OCc3cccs3)C3SSC=C32)c(OC)c1. The number of amides is 2. The van der Waals surface area contributed by atoms with Crippen molar-refractivity contribution in [3.05, 3.63) is 51.7 Å². The molecule has 2 unspecified atom stereocenters. The van der Waals surface area contributed by atoms with Crippen molar-refractivity contribution in [2.45, 2.75) is 17.9 Å². The fraction of sp³-hybridized carbons (Fsp3) is 0.263. The number of benzene rings is 1. The second-order valence-electron chi connectivity index (χ2n) is 6.14. The maximum absolute atomic E-state index is 13.2. The van der Waals surface area contributed by atoms with Gasteiger partial charge >= 0.3 is 6.09 Å². The third-order valence-electron chi connectivity index (χ3n) is 4.49. The highest BCUT2D eigenvalue weighted by Crippen LogP contribution is 2.50. The van der Waals surface area contributed by atoms with Crippen LogP contribution in [-0.2, 0) is 16.1 Å². The summed E-state index contributed by atoms with van der Waals surface area (Å²) in [6.07, 6.45) is -0.614. The molecule has 152 valence electrons. The van der Waals surface area contributed by atoms with Crippen LogP contribution in [-0.4, -0.2) is 37.5 Å². The number of nitrogens with zero attached hydrogens (tertiary/aromatic N) is 1.